The highest BCUT2D eigenvalue weighted by Gasteiger charge is 2.00. The fraction of sp³-hybridized carbons (Fsp3) is 0.500. The van der Waals surface area contributed by atoms with Crippen LogP contribution < -0.4 is 5.32 Å². The summed E-state index contributed by atoms with van der Waals surface area (Å²) in [6.07, 6.45) is 0. The molecule has 0 radical (unpaired) electrons. The zero-order chi connectivity index (χ0) is 7.28. The second-order valence-electron chi connectivity index (χ2n) is 1.60. The molecule has 2 nitrogen and oxygen atoms in total. The predicted octanol–water partition coefficient (Wildman–Crippen LogP) is 1.07. The molecule has 0 aliphatic rings. The number of halogens is 1. The van der Waals surface area contributed by atoms with Gasteiger partial charge in [-0.15, -0.1) is 0 Å². The van der Waals surface area contributed by atoms with Crippen LogP contribution in [0.3, 0.4) is 0 Å². The van der Waals surface area contributed by atoms with Crippen LogP contribution in [-0.2, 0) is 4.79 Å². The lowest BCUT2D eigenvalue weighted by atomic mass is 10.3. The van der Waals surface area contributed by atoms with Crippen LogP contribution >= 0.6 is 15.9 Å². The highest BCUT2D eigenvalue weighted by atomic mass is 79.9. The van der Waals surface area contributed by atoms with Crippen LogP contribution in [0.25, 0.3) is 0 Å². The molecule has 0 aliphatic carbocycles. The van der Waals surface area contributed by atoms with E-state index in [1.807, 2.05) is 6.92 Å². The molecule has 0 aliphatic heterocycles. The molecule has 9 heavy (non-hydrogen) atoms. The van der Waals surface area contributed by atoms with Crippen molar-refractivity contribution in [1.29, 1.82) is 0 Å². The Morgan fingerprint density at radius 3 is 2.67 bits per heavy atom. The minimum absolute atomic E-state index is 0.0747. The summed E-state index contributed by atoms with van der Waals surface area (Å²) in [6.45, 7) is 6.06. The second-order valence-corrected chi connectivity index (χ2v) is 2.16. The summed E-state index contributed by atoms with van der Waals surface area (Å²) in [5.41, 5.74) is 0.567. The molecule has 0 aromatic heterocycles. The van der Waals surface area contributed by atoms with Gasteiger partial charge in [0.2, 0.25) is 5.91 Å². The molecule has 0 aromatic rings. The molecule has 0 bridgehead atoms. The highest BCUT2D eigenvalue weighted by molar-refractivity contribution is 9.09. The third-order valence-corrected chi connectivity index (χ3v) is 1.50. The number of carbonyl (C=O) groups is 1. The zero-order valence-corrected chi connectivity index (χ0v) is 6.99. The number of rotatable bonds is 3. The zero-order valence-electron chi connectivity index (χ0n) is 5.41. The molecule has 0 fully saturated rings. The molecule has 1 N–H and O–H groups in total. The third-order valence-electron chi connectivity index (χ3n) is 0.820. The number of hydrogen-bond donors (Lipinski definition) is 1. The van der Waals surface area contributed by atoms with E-state index >= 15 is 0 Å². The first-order chi connectivity index (χ1) is 4.22. The molecule has 0 unspecified atom stereocenters. The van der Waals surface area contributed by atoms with Crippen molar-refractivity contribution in [2.24, 2.45) is 0 Å². The molecule has 0 heterocycles. The van der Waals surface area contributed by atoms with Crippen molar-refractivity contribution < 1.29 is 4.79 Å². The summed E-state index contributed by atoms with van der Waals surface area (Å²) >= 11 is 3.12. The number of alkyl halides is 1. The summed E-state index contributed by atoms with van der Waals surface area (Å²) in [4.78, 5) is 10.7. The van der Waals surface area contributed by atoms with Crippen molar-refractivity contribution in [3.8, 4) is 0 Å². The Bertz CT molecular complexity index is 122. The van der Waals surface area contributed by atoms with Crippen LogP contribution in [0, 0.1) is 0 Å². The number of nitrogens with one attached hydrogen (secondary N) is 1. The first kappa shape index (κ1) is 8.69. The molecular weight excluding hydrogens is 182 g/mol. The Morgan fingerprint density at radius 1 is 1.78 bits per heavy atom. The van der Waals surface area contributed by atoms with Gasteiger partial charge in [0.1, 0.15) is 0 Å². The Morgan fingerprint density at radius 2 is 2.33 bits per heavy atom. The van der Waals surface area contributed by atoms with Gasteiger partial charge < -0.3 is 5.32 Å². The van der Waals surface area contributed by atoms with Gasteiger partial charge in [0.25, 0.3) is 0 Å². The van der Waals surface area contributed by atoms with E-state index in [9.17, 15) is 4.79 Å². The fourth-order valence-corrected chi connectivity index (χ4v) is 0.601. The third kappa shape index (κ3) is 3.30. The maximum absolute atomic E-state index is 10.7. The van der Waals surface area contributed by atoms with Gasteiger partial charge in [-0.3, -0.25) is 4.79 Å². The Balaban J connectivity index is 3.60. The van der Waals surface area contributed by atoms with E-state index in [1.54, 1.807) is 0 Å². The molecule has 0 atom stereocenters. The van der Waals surface area contributed by atoms with E-state index in [1.165, 1.54) is 0 Å². The lowest BCUT2D eigenvalue weighted by Crippen LogP contribution is -2.24. The van der Waals surface area contributed by atoms with Crippen LogP contribution in [0.2, 0.25) is 0 Å². The maximum atomic E-state index is 10.7. The van der Waals surface area contributed by atoms with Gasteiger partial charge in [0.15, 0.2) is 0 Å². The minimum atomic E-state index is -0.0747. The number of likely N-dealkylation sites (N-methyl/N-ethyl adjacent to an activating group) is 1. The van der Waals surface area contributed by atoms with E-state index in [0.717, 1.165) is 0 Å². The Hall–Kier alpha value is -0.310. The minimum Gasteiger partial charge on any atom is -0.353 e. The molecule has 0 saturated heterocycles. The van der Waals surface area contributed by atoms with Gasteiger partial charge in [-0.2, -0.15) is 0 Å². The lowest BCUT2D eigenvalue weighted by Gasteiger charge is -1.99. The molecule has 0 saturated carbocycles. The summed E-state index contributed by atoms with van der Waals surface area (Å²) in [6, 6.07) is 0. The quantitative estimate of drug-likeness (QED) is 0.526. The highest BCUT2D eigenvalue weighted by Crippen LogP contribution is 1.94. The Kier molecular flexibility index (Phi) is 4.40. The van der Waals surface area contributed by atoms with Gasteiger partial charge in [0.05, 0.1) is 0 Å². The van der Waals surface area contributed by atoms with Crippen LogP contribution in [0.15, 0.2) is 12.2 Å². The summed E-state index contributed by atoms with van der Waals surface area (Å²) in [7, 11) is 0. The summed E-state index contributed by atoms with van der Waals surface area (Å²) < 4.78 is 0. The largest absolute Gasteiger partial charge is 0.353 e. The molecule has 0 aromatic carbocycles. The van der Waals surface area contributed by atoms with Crippen molar-refractivity contribution in [3.05, 3.63) is 12.2 Å². The molecule has 52 valence electrons. The first-order valence-corrected chi connectivity index (χ1v) is 3.86. The van der Waals surface area contributed by atoms with E-state index < -0.39 is 0 Å². The molecule has 0 spiro atoms. The molecule has 0 rings (SSSR count). The summed E-state index contributed by atoms with van der Waals surface area (Å²) in [5.74, 6) is -0.0747. The van der Waals surface area contributed by atoms with Crippen LogP contribution in [0.4, 0.5) is 0 Å². The van der Waals surface area contributed by atoms with Gasteiger partial charge in [-0.05, 0) is 6.92 Å². The lowest BCUT2D eigenvalue weighted by molar-refractivity contribution is -0.117. The van der Waals surface area contributed by atoms with Crippen molar-refractivity contribution in [1.82, 2.24) is 5.32 Å². The van der Waals surface area contributed by atoms with Crippen LogP contribution in [0.5, 0.6) is 0 Å². The topological polar surface area (TPSA) is 29.1 Å². The molecule has 1 amide bonds. The second kappa shape index (κ2) is 4.56. The van der Waals surface area contributed by atoms with E-state index in [0.29, 0.717) is 17.4 Å². The standard InChI is InChI=1S/C6H10BrNO/c1-3-8-6(9)5(2)4-7/h2-4H2,1H3,(H,8,9). The fourth-order valence-electron chi connectivity index (χ4n) is 0.346. The number of hydrogen-bond acceptors (Lipinski definition) is 1. The number of carbonyl (C=O) groups excluding carboxylic acids is 1. The van der Waals surface area contributed by atoms with Crippen molar-refractivity contribution in [2.75, 3.05) is 11.9 Å². The van der Waals surface area contributed by atoms with Crippen LogP contribution in [0.1, 0.15) is 6.92 Å². The van der Waals surface area contributed by atoms with Gasteiger partial charge >= 0.3 is 0 Å². The molecular formula is C6H10BrNO. The van der Waals surface area contributed by atoms with Crippen molar-refractivity contribution in [2.45, 2.75) is 6.92 Å². The van der Waals surface area contributed by atoms with Crippen molar-refractivity contribution in [3.63, 3.8) is 0 Å². The van der Waals surface area contributed by atoms with Crippen LogP contribution in [-0.4, -0.2) is 17.8 Å². The first-order valence-electron chi connectivity index (χ1n) is 2.74. The summed E-state index contributed by atoms with van der Waals surface area (Å²) in [5, 5.41) is 3.17. The van der Waals surface area contributed by atoms with E-state index in [-0.39, 0.29) is 5.91 Å². The Labute approximate surface area is 63.5 Å². The SMILES string of the molecule is C=C(CBr)C(=O)NCC. The van der Waals surface area contributed by atoms with Gasteiger partial charge in [-0.25, -0.2) is 0 Å². The smallest absolute Gasteiger partial charge is 0.247 e. The van der Waals surface area contributed by atoms with E-state index in [4.69, 9.17) is 0 Å². The van der Waals surface area contributed by atoms with Gasteiger partial charge in [-0.1, -0.05) is 22.5 Å². The maximum Gasteiger partial charge on any atom is 0.247 e. The monoisotopic (exact) mass is 191 g/mol. The molecule has 3 heteroatoms. The average Bonchev–Trinajstić information content (AvgIpc) is 1.87. The number of amides is 1. The normalized spacial score (nSPS) is 8.67. The van der Waals surface area contributed by atoms with Gasteiger partial charge in [0, 0.05) is 17.4 Å². The predicted molar refractivity (Wildman–Crippen MR) is 41.6 cm³/mol. The van der Waals surface area contributed by atoms with Crippen molar-refractivity contribution >= 4 is 21.8 Å². The van der Waals surface area contributed by atoms with E-state index in [2.05, 4.69) is 27.8 Å². The average molecular weight is 192 g/mol.